The molecule has 186 valence electrons. The number of amides is 1. The van der Waals surface area contributed by atoms with Crippen LogP contribution >= 0.6 is 11.3 Å². The van der Waals surface area contributed by atoms with E-state index in [0.717, 1.165) is 21.5 Å². The number of hydrogen-bond donors (Lipinski definition) is 0. The molecule has 0 spiro atoms. The zero-order valence-electron chi connectivity index (χ0n) is 20.1. The normalized spacial score (nSPS) is 11.6. The molecule has 0 aliphatic rings. The molecule has 0 fully saturated rings. The van der Waals surface area contributed by atoms with Crippen molar-refractivity contribution in [2.75, 3.05) is 11.9 Å². The fraction of sp³-hybridized carbons (Fsp3) is 0.107. The first-order chi connectivity index (χ1) is 17.9. The highest BCUT2D eigenvalue weighted by Crippen LogP contribution is 2.31. The predicted molar refractivity (Wildman–Crippen MR) is 146 cm³/mol. The lowest BCUT2D eigenvalue weighted by molar-refractivity contribution is 0.0984. The Morgan fingerprint density at radius 2 is 1.54 bits per heavy atom. The maximum atomic E-state index is 13.7. The van der Waals surface area contributed by atoms with Crippen LogP contribution in [0.1, 0.15) is 21.6 Å². The van der Waals surface area contributed by atoms with E-state index in [1.165, 1.54) is 27.8 Å². The summed E-state index contributed by atoms with van der Waals surface area (Å²) in [6.45, 7) is 0.485. The molecule has 9 heteroatoms. The van der Waals surface area contributed by atoms with Gasteiger partial charge in [0.25, 0.3) is 5.91 Å². The average molecular weight is 529 g/mol. The smallest absolute Gasteiger partial charge is 0.260 e. The molecule has 0 atom stereocenters. The predicted octanol–water partition coefficient (Wildman–Crippen LogP) is 5.36. The number of thiazole rings is 1. The minimum absolute atomic E-state index is 0.124. The highest BCUT2D eigenvalue weighted by Gasteiger charge is 2.25. The van der Waals surface area contributed by atoms with Crippen LogP contribution in [-0.2, 0) is 23.1 Å². The molecule has 0 aliphatic carbocycles. The number of pyridine rings is 1. The molecular weight excluding hydrogens is 504 g/mol. The fourth-order valence-corrected chi connectivity index (χ4v) is 6.01. The molecule has 1 amide bonds. The van der Waals surface area contributed by atoms with Gasteiger partial charge in [-0.2, -0.15) is 4.31 Å². The Kier molecular flexibility index (Phi) is 7.09. The minimum atomic E-state index is -3.73. The van der Waals surface area contributed by atoms with Crippen molar-refractivity contribution in [2.45, 2.75) is 18.0 Å². The molecule has 0 bridgehead atoms. The van der Waals surface area contributed by atoms with Gasteiger partial charge in [0.2, 0.25) is 10.0 Å². The third kappa shape index (κ3) is 5.43. The number of hydrogen-bond acceptors (Lipinski definition) is 6. The van der Waals surface area contributed by atoms with E-state index in [4.69, 9.17) is 0 Å². The number of anilines is 1. The van der Waals surface area contributed by atoms with Crippen molar-refractivity contribution in [1.29, 1.82) is 0 Å². The van der Waals surface area contributed by atoms with Crippen LogP contribution in [0.3, 0.4) is 0 Å². The van der Waals surface area contributed by atoms with Crippen molar-refractivity contribution in [3.8, 4) is 0 Å². The van der Waals surface area contributed by atoms with E-state index in [0.29, 0.717) is 10.7 Å². The number of aromatic nitrogens is 2. The van der Waals surface area contributed by atoms with Crippen molar-refractivity contribution in [1.82, 2.24) is 14.3 Å². The maximum Gasteiger partial charge on any atom is 0.260 e. The molecule has 2 heterocycles. The van der Waals surface area contributed by atoms with Crippen LogP contribution < -0.4 is 4.90 Å². The molecule has 0 aliphatic heterocycles. The van der Waals surface area contributed by atoms with Crippen LogP contribution in [0.15, 0.2) is 108 Å². The van der Waals surface area contributed by atoms with E-state index in [1.807, 2.05) is 72.8 Å². The van der Waals surface area contributed by atoms with Crippen molar-refractivity contribution in [2.24, 2.45) is 0 Å². The average Bonchev–Trinajstić information content (AvgIpc) is 3.36. The summed E-state index contributed by atoms with van der Waals surface area (Å²) < 4.78 is 28.5. The van der Waals surface area contributed by atoms with Gasteiger partial charge in [0.15, 0.2) is 5.13 Å². The van der Waals surface area contributed by atoms with E-state index in [-0.39, 0.29) is 23.9 Å². The molecular formula is C28H24N4O3S2. The number of para-hydroxylation sites is 1. The third-order valence-corrected chi connectivity index (χ3v) is 8.74. The largest absolute Gasteiger partial charge is 0.278 e. The topological polar surface area (TPSA) is 83.5 Å². The molecule has 0 saturated carbocycles. The second kappa shape index (κ2) is 10.6. The molecule has 37 heavy (non-hydrogen) atoms. The summed E-state index contributed by atoms with van der Waals surface area (Å²) in [6.07, 6.45) is 1.68. The van der Waals surface area contributed by atoms with Crippen LogP contribution in [0.4, 0.5) is 5.13 Å². The Labute approximate surface area is 219 Å². The summed E-state index contributed by atoms with van der Waals surface area (Å²) in [7, 11) is -2.19. The molecule has 5 aromatic rings. The van der Waals surface area contributed by atoms with Crippen LogP contribution in [0.25, 0.3) is 10.2 Å². The summed E-state index contributed by atoms with van der Waals surface area (Å²) >= 11 is 1.42. The lowest BCUT2D eigenvalue weighted by Gasteiger charge is -2.20. The highest BCUT2D eigenvalue weighted by molar-refractivity contribution is 7.89. The van der Waals surface area contributed by atoms with Gasteiger partial charge < -0.3 is 0 Å². The number of carbonyl (C=O) groups excluding carboxylic acids is 1. The first-order valence-corrected chi connectivity index (χ1v) is 13.9. The lowest BCUT2D eigenvalue weighted by Crippen LogP contribution is -2.31. The molecule has 0 N–H and O–H groups in total. The van der Waals surface area contributed by atoms with Gasteiger partial charge in [-0.3, -0.25) is 14.7 Å². The fourth-order valence-electron chi connectivity index (χ4n) is 3.89. The highest BCUT2D eigenvalue weighted by atomic mass is 32.2. The molecule has 7 nitrogen and oxygen atoms in total. The van der Waals surface area contributed by atoms with Gasteiger partial charge in [-0.25, -0.2) is 13.4 Å². The number of carbonyl (C=O) groups is 1. The van der Waals surface area contributed by atoms with Gasteiger partial charge in [-0.15, -0.1) is 0 Å². The molecule has 5 rings (SSSR count). The lowest BCUT2D eigenvalue weighted by atomic mass is 10.2. The van der Waals surface area contributed by atoms with Crippen molar-refractivity contribution >= 4 is 42.6 Å². The van der Waals surface area contributed by atoms with E-state index >= 15 is 0 Å². The summed E-state index contributed by atoms with van der Waals surface area (Å²) in [5, 5.41) is 0.552. The van der Waals surface area contributed by atoms with Gasteiger partial charge in [0, 0.05) is 25.4 Å². The van der Waals surface area contributed by atoms with Gasteiger partial charge >= 0.3 is 0 Å². The Morgan fingerprint density at radius 1 is 0.838 bits per heavy atom. The van der Waals surface area contributed by atoms with Gasteiger partial charge in [-0.05, 0) is 54.1 Å². The summed E-state index contributed by atoms with van der Waals surface area (Å²) in [6, 6.07) is 28.7. The molecule has 0 radical (unpaired) electrons. The molecule has 0 saturated heterocycles. The third-order valence-electron chi connectivity index (χ3n) is 5.86. The summed E-state index contributed by atoms with van der Waals surface area (Å²) in [5.74, 6) is -0.286. The first kappa shape index (κ1) is 24.8. The van der Waals surface area contributed by atoms with Crippen molar-refractivity contribution < 1.29 is 13.2 Å². The summed E-state index contributed by atoms with van der Waals surface area (Å²) in [5.41, 5.74) is 2.78. The van der Waals surface area contributed by atoms with Crippen LogP contribution in [0.2, 0.25) is 0 Å². The standard InChI is InChI=1S/C28H24N4O3S2/c1-31(19-21-9-3-2-4-10-21)37(34,35)24-16-14-22(15-17-24)27(33)32(20-23-11-7-8-18-29-23)28-30-25-12-5-6-13-26(25)36-28/h2-18H,19-20H2,1H3. The zero-order valence-corrected chi connectivity index (χ0v) is 21.7. The second-order valence-corrected chi connectivity index (χ2v) is 11.5. The SMILES string of the molecule is CN(Cc1ccccc1)S(=O)(=O)c1ccc(C(=O)N(Cc2ccccn2)c2nc3ccccc3s2)cc1. The number of nitrogens with zero attached hydrogens (tertiary/aromatic N) is 4. The monoisotopic (exact) mass is 528 g/mol. The number of rotatable bonds is 8. The molecule has 0 unspecified atom stereocenters. The zero-order chi connectivity index (χ0) is 25.8. The van der Waals surface area contributed by atoms with E-state index in [2.05, 4.69) is 9.97 Å². The Balaban J connectivity index is 1.42. The number of sulfonamides is 1. The van der Waals surface area contributed by atoms with E-state index in [1.54, 1.807) is 30.3 Å². The first-order valence-electron chi connectivity index (χ1n) is 11.6. The quantitative estimate of drug-likeness (QED) is 0.271. The van der Waals surface area contributed by atoms with Gasteiger partial charge in [-0.1, -0.05) is 59.9 Å². The molecule has 3 aromatic carbocycles. The van der Waals surface area contributed by atoms with Crippen molar-refractivity contribution in [3.05, 3.63) is 120 Å². The maximum absolute atomic E-state index is 13.7. The van der Waals surface area contributed by atoms with Crippen LogP contribution in [-0.4, -0.2) is 35.6 Å². The van der Waals surface area contributed by atoms with Gasteiger partial charge in [0.1, 0.15) is 0 Å². The van der Waals surface area contributed by atoms with Crippen molar-refractivity contribution in [3.63, 3.8) is 0 Å². The minimum Gasteiger partial charge on any atom is -0.278 e. The van der Waals surface area contributed by atoms with Gasteiger partial charge in [0.05, 0.1) is 27.4 Å². The second-order valence-electron chi connectivity index (χ2n) is 8.45. The molecule has 2 aromatic heterocycles. The Morgan fingerprint density at radius 3 is 2.24 bits per heavy atom. The Bertz CT molecular complexity index is 1590. The van der Waals surface area contributed by atoms with E-state index < -0.39 is 10.0 Å². The number of benzene rings is 3. The van der Waals surface area contributed by atoms with Crippen LogP contribution in [0, 0.1) is 0 Å². The van der Waals surface area contributed by atoms with E-state index in [9.17, 15) is 13.2 Å². The summed E-state index contributed by atoms with van der Waals surface area (Å²) in [4.78, 5) is 24.4. The number of fused-ring (bicyclic) bond motifs is 1. The van der Waals surface area contributed by atoms with Crippen LogP contribution in [0.5, 0.6) is 0 Å². The Hall–Kier alpha value is -3.92.